The van der Waals surface area contributed by atoms with E-state index in [1.165, 1.54) is 0 Å². The number of nitrogens with two attached hydrogens (primary N) is 1. The van der Waals surface area contributed by atoms with Gasteiger partial charge in [0.15, 0.2) is 5.82 Å². The van der Waals surface area contributed by atoms with Crippen LogP contribution < -0.4 is 5.73 Å². The second-order valence-corrected chi connectivity index (χ2v) is 3.70. The van der Waals surface area contributed by atoms with Crippen LogP contribution in [0.2, 0.25) is 0 Å². The summed E-state index contributed by atoms with van der Waals surface area (Å²) in [5, 5.41) is 0. The molecule has 0 spiro atoms. The van der Waals surface area contributed by atoms with Crippen LogP contribution in [0.15, 0.2) is 18.6 Å². The maximum atomic E-state index is 5.60. The van der Waals surface area contributed by atoms with Gasteiger partial charge in [-0.25, -0.2) is 15.0 Å². The van der Waals surface area contributed by atoms with Crippen LogP contribution in [0.5, 0.6) is 0 Å². The molecule has 0 aliphatic heterocycles. The molecule has 0 unspecified atom stereocenters. The van der Waals surface area contributed by atoms with E-state index < -0.39 is 0 Å². The Morgan fingerprint density at radius 1 is 1.38 bits per heavy atom. The van der Waals surface area contributed by atoms with E-state index in [2.05, 4.69) is 26.4 Å². The van der Waals surface area contributed by atoms with Crippen molar-refractivity contribution in [3.63, 3.8) is 0 Å². The van der Waals surface area contributed by atoms with Gasteiger partial charge in [-0.3, -0.25) is 0 Å². The van der Waals surface area contributed by atoms with Gasteiger partial charge in [0.05, 0.1) is 0 Å². The molecule has 0 saturated heterocycles. The Morgan fingerprint density at radius 2 is 2.19 bits per heavy atom. The van der Waals surface area contributed by atoms with Gasteiger partial charge in [0, 0.05) is 25.1 Å². The van der Waals surface area contributed by atoms with Crippen LogP contribution in [-0.4, -0.2) is 19.5 Å². The molecule has 0 radical (unpaired) electrons. The third kappa shape index (κ3) is 1.88. The zero-order chi connectivity index (χ0) is 11.5. The summed E-state index contributed by atoms with van der Waals surface area (Å²) in [6.07, 6.45) is 6.52. The fourth-order valence-electron chi connectivity index (χ4n) is 1.63. The van der Waals surface area contributed by atoms with Crippen LogP contribution in [0.3, 0.4) is 0 Å². The summed E-state index contributed by atoms with van der Waals surface area (Å²) < 4.78 is 2.08. The van der Waals surface area contributed by atoms with Crippen LogP contribution in [0.25, 0.3) is 11.5 Å². The third-order valence-electron chi connectivity index (χ3n) is 2.38. The highest BCUT2D eigenvalue weighted by atomic mass is 15.1. The molecule has 2 aromatic rings. The van der Waals surface area contributed by atoms with Crippen molar-refractivity contribution in [1.82, 2.24) is 19.5 Å². The molecule has 0 atom stereocenters. The largest absolute Gasteiger partial charge is 0.368 e. The van der Waals surface area contributed by atoms with Crippen LogP contribution in [0, 0.1) is 6.92 Å². The first-order valence-corrected chi connectivity index (χ1v) is 5.33. The van der Waals surface area contributed by atoms with Crippen molar-refractivity contribution in [3.05, 3.63) is 24.2 Å². The van der Waals surface area contributed by atoms with Crippen molar-refractivity contribution in [2.45, 2.75) is 26.8 Å². The molecule has 0 aliphatic rings. The summed E-state index contributed by atoms with van der Waals surface area (Å²) >= 11 is 0. The molecule has 0 amide bonds. The molecular formula is C11H15N5. The van der Waals surface area contributed by atoms with E-state index in [0.717, 1.165) is 30.0 Å². The molecule has 2 rings (SSSR count). The number of nitrogen functional groups attached to an aromatic ring is 1. The number of aryl methyl sites for hydroxylation is 2. The van der Waals surface area contributed by atoms with Crippen molar-refractivity contribution in [3.8, 4) is 11.5 Å². The number of anilines is 1. The molecule has 2 heterocycles. The zero-order valence-corrected chi connectivity index (χ0v) is 9.51. The lowest BCUT2D eigenvalue weighted by Crippen LogP contribution is -2.04. The highest BCUT2D eigenvalue weighted by molar-refractivity contribution is 5.55. The molecule has 0 fully saturated rings. The molecule has 0 saturated carbocycles. The van der Waals surface area contributed by atoms with Crippen molar-refractivity contribution in [1.29, 1.82) is 0 Å². The number of hydrogen-bond donors (Lipinski definition) is 1. The SMILES string of the molecule is CCCn1ccnc1-c1nc(N)ncc1C. The highest BCUT2D eigenvalue weighted by Gasteiger charge is 2.10. The monoisotopic (exact) mass is 217 g/mol. The summed E-state index contributed by atoms with van der Waals surface area (Å²) in [5.41, 5.74) is 7.39. The summed E-state index contributed by atoms with van der Waals surface area (Å²) in [5.74, 6) is 1.14. The molecule has 5 nitrogen and oxygen atoms in total. The smallest absolute Gasteiger partial charge is 0.220 e. The minimum Gasteiger partial charge on any atom is -0.368 e. The average Bonchev–Trinajstić information content (AvgIpc) is 2.70. The summed E-state index contributed by atoms with van der Waals surface area (Å²) in [7, 11) is 0. The normalized spacial score (nSPS) is 10.6. The first-order valence-electron chi connectivity index (χ1n) is 5.33. The second-order valence-electron chi connectivity index (χ2n) is 3.70. The predicted molar refractivity (Wildman–Crippen MR) is 62.7 cm³/mol. The van der Waals surface area contributed by atoms with E-state index in [1.807, 2.05) is 13.1 Å². The van der Waals surface area contributed by atoms with E-state index in [0.29, 0.717) is 0 Å². The Bertz CT molecular complexity index is 489. The van der Waals surface area contributed by atoms with Gasteiger partial charge in [0.2, 0.25) is 5.95 Å². The number of aromatic nitrogens is 4. The van der Waals surface area contributed by atoms with Gasteiger partial charge in [-0.15, -0.1) is 0 Å². The summed E-state index contributed by atoms with van der Waals surface area (Å²) in [6.45, 7) is 5.02. The van der Waals surface area contributed by atoms with Crippen molar-refractivity contribution < 1.29 is 0 Å². The summed E-state index contributed by atoms with van der Waals surface area (Å²) in [6, 6.07) is 0. The average molecular weight is 217 g/mol. The number of hydrogen-bond acceptors (Lipinski definition) is 4. The molecule has 0 aromatic carbocycles. The quantitative estimate of drug-likeness (QED) is 0.848. The van der Waals surface area contributed by atoms with Gasteiger partial charge >= 0.3 is 0 Å². The molecule has 2 aromatic heterocycles. The molecule has 0 aliphatic carbocycles. The molecule has 2 N–H and O–H groups in total. The lowest BCUT2D eigenvalue weighted by atomic mass is 10.2. The Morgan fingerprint density at radius 3 is 2.94 bits per heavy atom. The molecule has 84 valence electrons. The number of imidazole rings is 1. The van der Waals surface area contributed by atoms with Crippen molar-refractivity contribution >= 4 is 5.95 Å². The van der Waals surface area contributed by atoms with Crippen molar-refractivity contribution in [2.75, 3.05) is 5.73 Å². The van der Waals surface area contributed by atoms with Crippen molar-refractivity contribution in [2.24, 2.45) is 0 Å². The van der Waals surface area contributed by atoms with Crippen LogP contribution in [0.4, 0.5) is 5.95 Å². The van der Waals surface area contributed by atoms with E-state index in [-0.39, 0.29) is 5.95 Å². The van der Waals surface area contributed by atoms with Gasteiger partial charge < -0.3 is 10.3 Å². The number of nitrogens with zero attached hydrogens (tertiary/aromatic N) is 4. The van der Waals surface area contributed by atoms with Gasteiger partial charge in [-0.05, 0) is 18.9 Å². The molecule has 5 heteroatoms. The topological polar surface area (TPSA) is 69.6 Å². The zero-order valence-electron chi connectivity index (χ0n) is 9.51. The summed E-state index contributed by atoms with van der Waals surface area (Å²) in [4.78, 5) is 12.5. The fourth-order valence-corrected chi connectivity index (χ4v) is 1.63. The van der Waals surface area contributed by atoms with E-state index >= 15 is 0 Å². The first kappa shape index (κ1) is 10.6. The highest BCUT2D eigenvalue weighted by Crippen LogP contribution is 2.19. The maximum absolute atomic E-state index is 5.60. The minimum atomic E-state index is 0.284. The lowest BCUT2D eigenvalue weighted by Gasteiger charge is -2.07. The van der Waals surface area contributed by atoms with Gasteiger partial charge in [0.25, 0.3) is 0 Å². The standard InChI is InChI=1S/C11H15N5/c1-3-5-16-6-4-13-10(16)9-8(2)7-14-11(12)15-9/h4,6-7H,3,5H2,1-2H3,(H2,12,14,15). The molecule has 0 bridgehead atoms. The number of rotatable bonds is 3. The van der Waals surface area contributed by atoms with Crippen LogP contribution in [0.1, 0.15) is 18.9 Å². The van der Waals surface area contributed by atoms with Crippen LogP contribution >= 0.6 is 0 Å². The lowest BCUT2D eigenvalue weighted by molar-refractivity contribution is 0.683. The predicted octanol–water partition coefficient (Wildman–Crippen LogP) is 1.64. The Hall–Kier alpha value is -1.91. The van der Waals surface area contributed by atoms with Gasteiger partial charge in [-0.2, -0.15) is 0 Å². The van der Waals surface area contributed by atoms with Gasteiger partial charge in [-0.1, -0.05) is 6.92 Å². The van der Waals surface area contributed by atoms with Gasteiger partial charge in [0.1, 0.15) is 5.69 Å². The third-order valence-corrected chi connectivity index (χ3v) is 2.38. The first-order chi connectivity index (χ1) is 7.72. The maximum Gasteiger partial charge on any atom is 0.220 e. The van der Waals surface area contributed by atoms with E-state index in [9.17, 15) is 0 Å². The molecule has 16 heavy (non-hydrogen) atoms. The Balaban J connectivity index is 2.49. The molecular weight excluding hydrogens is 202 g/mol. The van der Waals surface area contributed by atoms with E-state index in [1.54, 1.807) is 12.4 Å². The Labute approximate surface area is 94.4 Å². The second kappa shape index (κ2) is 4.30. The van der Waals surface area contributed by atoms with E-state index in [4.69, 9.17) is 5.73 Å². The Kier molecular flexibility index (Phi) is 2.85. The minimum absolute atomic E-state index is 0.284. The van der Waals surface area contributed by atoms with Crippen LogP contribution in [-0.2, 0) is 6.54 Å². The fraction of sp³-hybridized carbons (Fsp3) is 0.364.